The van der Waals surface area contributed by atoms with Crippen LogP contribution in [-0.2, 0) is 20.9 Å². The normalized spacial score (nSPS) is 21.4. The maximum atomic E-state index is 12.8. The first kappa shape index (κ1) is 17.5. The Morgan fingerprint density at radius 2 is 1.84 bits per heavy atom. The van der Waals surface area contributed by atoms with E-state index in [1.807, 2.05) is 42.5 Å². The van der Waals surface area contributed by atoms with Crippen LogP contribution in [0.2, 0.25) is 5.02 Å². The van der Waals surface area contributed by atoms with Gasteiger partial charge in [-0.25, -0.2) is 0 Å². The summed E-state index contributed by atoms with van der Waals surface area (Å²) in [6.45, 7) is 2.38. The van der Waals surface area contributed by atoms with Gasteiger partial charge in [-0.3, -0.25) is 9.59 Å². The van der Waals surface area contributed by atoms with Gasteiger partial charge >= 0.3 is 5.97 Å². The highest BCUT2D eigenvalue weighted by molar-refractivity contribution is 6.30. The van der Waals surface area contributed by atoms with E-state index in [0.717, 1.165) is 11.1 Å². The van der Waals surface area contributed by atoms with Crippen LogP contribution in [0.1, 0.15) is 30.4 Å². The molecule has 0 aromatic heterocycles. The highest BCUT2D eigenvalue weighted by Gasteiger charge is 2.67. The Labute approximate surface area is 152 Å². The molecule has 130 valence electrons. The lowest BCUT2D eigenvalue weighted by atomic mass is 9.97. The first-order valence-corrected chi connectivity index (χ1v) is 8.70. The average molecular weight is 358 g/mol. The molecule has 1 saturated carbocycles. The van der Waals surface area contributed by atoms with Crippen molar-refractivity contribution in [2.75, 3.05) is 6.61 Å². The lowest BCUT2D eigenvalue weighted by Gasteiger charge is -2.16. The molecule has 2 aromatic rings. The molecular weight excluding hydrogens is 338 g/mol. The molecule has 0 heterocycles. The monoisotopic (exact) mass is 357 g/mol. The van der Waals surface area contributed by atoms with Crippen LogP contribution in [0.15, 0.2) is 54.6 Å². The summed E-state index contributed by atoms with van der Waals surface area (Å²) in [6, 6.07) is 16.9. The van der Waals surface area contributed by atoms with Crippen molar-refractivity contribution in [2.24, 2.45) is 5.41 Å². The van der Waals surface area contributed by atoms with Crippen LogP contribution >= 0.6 is 11.6 Å². The Morgan fingerprint density at radius 3 is 2.48 bits per heavy atom. The second kappa shape index (κ2) is 7.28. The summed E-state index contributed by atoms with van der Waals surface area (Å²) in [5.74, 6) is -0.921. The maximum Gasteiger partial charge on any atom is 0.322 e. The molecule has 5 heteroatoms. The lowest BCUT2D eigenvalue weighted by molar-refractivity contribution is -0.154. The van der Waals surface area contributed by atoms with Crippen molar-refractivity contribution in [1.82, 2.24) is 5.32 Å². The van der Waals surface area contributed by atoms with Crippen molar-refractivity contribution < 1.29 is 14.3 Å². The van der Waals surface area contributed by atoms with E-state index < -0.39 is 11.4 Å². The van der Waals surface area contributed by atoms with Crippen LogP contribution in [-0.4, -0.2) is 18.5 Å². The summed E-state index contributed by atoms with van der Waals surface area (Å²) < 4.78 is 5.19. The molecule has 0 bridgehead atoms. The van der Waals surface area contributed by atoms with Gasteiger partial charge in [-0.15, -0.1) is 0 Å². The first-order valence-electron chi connectivity index (χ1n) is 8.33. The van der Waals surface area contributed by atoms with Gasteiger partial charge in [-0.05, 0) is 36.6 Å². The Balaban J connectivity index is 1.77. The fraction of sp³-hybridized carbons (Fsp3) is 0.300. The number of benzene rings is 2. The molecule has 2 atom stereocenters. The first-order chi connectivity index (χ1) is 12.1. The van der Waals surface area contributed by atoms with E-state index in [1.54, 1.807) is 19.1 Å². The van der Waals surface area contributed by atoms with Gasteiger partial charge in [0.1, 0.15) is 0 Å². The largest absolute Gasteiger partial charge is 0.465 e. The van der Waals surface area contributed by atoms with Crippen LogP contribution < -0.4 is 5.32 Å². The fourth-order valence-corrected chi connectivity index (χ4v) is 3.25. The second-order valence-corrected chi connectivity index (χ2v) is 6.60. The zero-order chi connectivity index (χ0) is 17.9. The number of carbonyl (C=O) groups excluding carboxylic acids is 2. The molecule has 25 heavy (non-hydrogen) atoms. The molecule has 1 fully saturated rings. The minimum absolute atomic E-state index is 0.181. The van der Waals surface area contributed by atoms with Gasteiger partial charge in [0.05, 0.1) is 6.61 Å². The third-order valence-corrected chi connectivity index (χ3v) is 4.83. The van der Waals surface area contributed by atoms with Gasteiger partial charge < -0.3 is 10.1 Å². The Morgan fingerprint density at radius 1 is 1.16 bits per heavy atom. The molecule has 2 aromatic carbocycles. The molecule has 0 spiro atoms. The second-order valence-electron chi connectivity index (χ2n) is 6.17. The van der Waals surface area contributed by atoms with Crippen LogP contribution in [0.5, 0.6) is 0 Å². The van der Waals surface area contributed by atoms with Gasteiger partial charge in [0, 0.05) is 17.5 Å². The molecule has 1 aliphatic rings. The molecule has 0 aliphatic heterocycles. The minimum Gasteiger partial charge on any atom is -0.465 e. The van der Waals surface area contributed by atoms with Crippen LogP contribution in [0.25, 0.3) is 0 Å². The van der Waals surface area contributed by atoms with Crippen molar-refractivity contribution in [3.8, 4) is 0 Å². The standard InChI is InChI=1S/C20H20ClNO3/c1-2-25-19(24)20(12-17(20)15-8-10-16(21)11-9-15)18(23)22-13-14-6-4-3-5-7-14/h3-11,17H,2,12-13H2,1H3,(H,22,23). The number of nitrogens with one attached hydrogen (secondary N) is 1. The quantitative estimate of drug-likeness (QED) is 0.633. The van der Waals surface area contributed by atoms with E-state index in [9.17, 15) is 9.59 Å². The van der Waals surface area contributed by atoms with Gasteiger partial charge in [0.25, 0.3) is 0 Å². The van der Waals surface area contributed by atoms with Crippen molar-refractivity contribution in [3.63, 3.8) is 0 Å². The topological polar surface area (TPSA) is 55.4 Å². The highest BCUT2D eigenvalue weighted by atomic mass is 35.5. The summed E-state index contributed by atoms with van der Waals surface area (Å²) in [4.78, 5) is 25.4. The molecule has 4 nitrogen and oxygen atoms in total. The van der Waals surface area contributed by atoms with Gasteiger partial charge in [0.15, 0.2) is 5.41 Å². The minimum atomic E-state index is -1.14. The number of esters is 1. The lowest BCUT2D eigenvalue weighted by Crippen LogP contribution is -2.39. The summed E-state index contributed by atoms with van der Waals surface area (Å²) in [6.07, 6.45) is 0.452. The molecule has 2 unspecified atom stereocenters. The smallest absolute Gasteiger partial charge is 0.322 e. The number of halogens is 1. The number of hydrogen-bond acceptors (Lipinski definition) is 3. The maximum absolute atomic E-state index is 12.8. The summed E-state index contributed by atoms with van der Waals surface area (Å²) in [7, 11) is 0. The third kappa shape index (κ3) is 3.54. The Kier molecular flexibility index (Phi) is 5.09. The summed E-state index contributed by atoms with van der Waals surface area (Å²) >= 11 is 5.93. The van der Waals surface area contributed by atoms with E-state index in [2.05, 4.69) is 5.32 Å². The number of hydrogen-bond donors (Lipinski definition) is 1. The Hall–Kier alpha value is -2.33. The van der Waals surface area contributed by atoms with E-state index in [-0.39, 0.29) is 18.4 Å². The number of rotatable bonds is 6. The molecule has 1 amide bonds. The predicted octanol–water partition coefficient (Wildman–Crippen LogP) is 3.69. The number of ether oxygens (including phenoxy) is 1. The van der Waals surface area contributed by atoms with E-state index in [0.29, 0.717) is 18.0 Å². The molecule has 0 radical (unpaired) electrons. The average Bonchev–Trinajstić information content (AvgIpc) is 3.38. The molecule has 3 rings (SSSR count). The van der Waals surface area contributed by atoms with Crippen molar-refractivity contribution in [2.45, 2.75) is 25.8 Å². The van der Waals surface area contributed by atoms with Crippen LogP contribution in [0.3, 0.4) is 0 Å². The van der Waals surface area contributed by atoms with Gasteiger partial charge in [-0.2, -0.15) is 0 Å². The highest BCUT2D eigenvalue weighted by Crippen LogP contribution is 2.60. The van der Waals surface area contributed by atoms with E-state index in [4.69, 9.17) is 16.3 Å². The SMILES string of the molecule is CCOC(=O)C1(C(=O)NCc2ccccc2)CC1c1ccc(Cl)cc1. The third-order valence-electron chi connectivity index (χ3n) is 4.57. The summed E-state index contributed by atoms with van der Waals surface area (Å²) in [5, 5.41) is 3.51. The van der Waals surface area contributed by atoms with Crippen molar-refractivity contribution in [1.29, 1.82) is 0 Å². The molecule has 1 aliphatic carbocycles. The summed E-state index contributed by atoms with van der Waals surface area (Å²) in [5.41, 5.74) is 0.768. The Bertz CT molecular complexity index is 760. The van der Waals surface area contributed by atoms with Crippen molar-refractivity contribution >= 4 is 23.5 Å². The molecule has 0 saturated heterocycles. The van der Waals surface area contributed by atoms with E-state index in [1.165, 1.54) is 0 Å². The number of amides is 1. The van der Waals surface area contributed by atoms with Gasteiger partial charge in [-0.1, -0.05) is 54.1 Å². The van der Waals surface area contributed by atoms with Crippen LogP contribution in [0, 0.1) is 5.41 Å². The fourth-order valence-electron chi connectivity index (χ4n) is 3.13. The van der Waals surface area contributed by atoms with Gasteiger partial charge in [0.2, 0.25) is 5.91 Å². The predicted molar refractivity (Wildman–Crippen MR) is 96.2 cm³/mol. The molecular formula is C20H20ClNO3. The van der Waals surface area contributed by atoms with Crippen molar-refractivity contribution in [3.05, 3.63) is 70.7 Å². The molecule has 1 N–H and O–H groups in total. The zero-order valence-corrected chi connectivity index (χ0v) is 14.8. The van der Waals surface area contributed by atoms with Crippen LogP contribution in [0.4, 0.5) is 0 Å². The van der Waals surface area contributed by atoms with E-state index >= 15 is 0 Å². The number of carbonyl (C=O) groups is 2. The zero-order valence-electron chi connectivity index (χ0n) is 14.0.